The van der Waals surface area contributed by atoms with E-state index in [1.807, 2.05) is 36.4 Å². The number of anilines is 1. The molecular formula is C32H31F3N5O3+. The molecule has 2 atom stereocenters. The van der Waals surface area contributed by atoms with Crippen LogP contribution in [0.5, 0.6) is 11.5 Å². The molecule has 2 N–H and O–H groups in total. The minimum atomic E-state index is -4.54. The highest BCUT2D eigenvalue weighted by Gasteiger charge is 2.47. The van der Waals surface area contributed by atoms with Crippen molar-refractivity contribution >= 4 is 11.7 Å². The number of aromatic nitrogens is 2. The lowest BCUT2D eigenvalue weighted by Gasteiger charge is -2.36. The van der Waals surface area contributed by atoms with Crippen LogP contribution >= 0.6 is 0 Å². The van der Waals surface area contributed by atoms with Crippen LogP contribution in [0.1, 0.15) is 51.7 Å². The molecule has 8 nitrogen and oxygen atoms in total. The summed E-state index contributed by atoms with van der Waals surface area (Å²) >= 11 is 0. The van der Waals surface area contributed by atoms with E-state index in [-0.39, 0.29) is 36.7 Å². The van der Waals surface area contributed by atoms with Crippen LogP contribution in [0, 0.1) is 0 Å². The number of halogens is 3. The molecule has 11 heteroatoms. The number of alkyl halides is 3. The van der Waals surface area contributed by atoms with Crippen LogP contribution < -0.4 is 19.7 Å². The van der Waals surface area contributed by atoms with Gasteiger partial charge in [0, 0.05) is 23.6 Å². The van der Waals surface area contributed by atoms with Crippen LogP contribution in [0.2, 0.25) is 0 Å². The molecule has 0 bridgehead atoms. The first kappa shape index (κ1) is 27.3. The molecule has 0 radical (unpaired) electrons. The molecular weight excluding hydrogens is 559 g/mol. The van der Waals surface area contributed by atoms with E-state index in [4.69, 9.17) is 9.47 Å². The van der Waals surface area contributed by atoms with Gasteiger partial charge in [-0.2, -0.15) is 18.3 Å². The SMILES string of the molecule is O=C(c1cc2n(n1)C(C(F)(F)F)CC(c1ccc3c(c1)OCO3)N2)N1CC[NH+](C(c2ccccc2)c2ccccc2)CC1. The standard InChI is InChI=1S/C32H30F3N5O3/c33-32(34,35)28-18-24(23-11-12-26-27(17-23)43-20-42-26)36-29-19-25(37-40(28)29)31(41)39-15-13-38(14-16-39)30(21-7-3-1-4-8-21)22-9-5-2-6-10-22/h1-12,17,19,24,28,30,36H,13-16,18,20H2/p+1. The van der Waals surface area contributed by atoms with Gasteiger partial charge in [-0.15, -0.1) is 0 Å². The van der Waals surface area contributed by atoms with Crippen molar-refractivity contribution in [2.24, 2.45) is 0 Å². The summed E-state index contributed by atoms with van der Waals surface area (Å²) in [6.07, 6.45) is -4.81. The molecule has 7 rings (SSSR count). The number of nitrogens with zero attached hydrogens (tertiary/aromatic N) is 3. The van der Waals surface area contributed by atoms with E-state index in [9.17, 15) is 18.0 Å². The molecule has 3 aliphatic rings. The molecule has 1 saturated heterocycles. The maximum Gasteiger partial charge on any atom is 0.410 e. The summed E-state index contributed by atoms with van der Waals surface area (Å²) in [6, 6.07) is 24.8. The number of piperazine rings is 1. The Morgan fingerprint density at radius 2 is 1.56 bits per heavy atom. The molecule has 0 aliphatic carbocycles. The van der Waals surface area contributed by atoms with Crippen LogP contribution in [0.3, 0.4) is 0 Å². The van der Waals surface area contributed by atoms with E-state index in [2.05, 4.69) is 34.7 Å². The second-order valence-electron chi connectivity index (χ2n) is 11.2. The fourth-order valence-electron chi connectivity index (χ4n) is 6.43. The Hall–Kier alpha value is -4.51. The third-order valence-corrected chi connectivity index (χ3v) is 8.57. The predicted molar refractivity (Wildman–Crippen MR) is 152 cm³/mol. The average Bonchev–Trinajstić information content (AvgIpc) is 3.68. The lowest BCUT2D eigenvalue weighted by atomic mass is 9.96. The van der Waals surface area contributed by atoms with E-state index in [1.165, 1.54) is 22.1 Å². The summed E-state index contributed by atoms with van der Waals surface area (Å²) in [7, 11) is 0. The van der Waals surface area contributed by atoms with Crippen LogP contribution in [0.4, 0.5) is 19.0 Å². The number of benzene rings is 3. The minimum Gasteiger partial charge on any atom is -0.454 e. The normalized spacial score (nSPS) is 20.1. The van der Waals surface area contributed by atoms with E-state index in [0.717, 1.165) is 4.68 Å². The maximum atomic E-state index is 14.3. The Morgan fingerprint density at radius 3 is 2.21 bits per heavy atom. The summed E-state index contributed by atoms with van der Waals surface area (Å²) in [5, 5.41) is 7.37. The number of hydrogen-bond donors (Lipinski definition) is 2. The molecule has 43 heavy (non-hydrogen) atoms. The number of hydrogen-bond acceptors (Lipinski definition) is 5. The van der Waals surface area contributed by atoms with Crippen molar-refractivity contribution in [3.8, 4) is 11.5 Å². The largest absolute Gasteiger partial charge is 0.454 e. The lowest BCUT2D eigenvalue weighted by Crippen LogP contribution is -3.15. The zero-order valence-electron chi connectivity index (χ0n) is 23.3. The third-order valence-electron chi connectivity index (χ3n) is 8.57. The van der Waals surface area contributed by atoms with Crippen molar-refractivity contribution in [2.75, 3.05) is 38.3 Å². The molecule has 0 spiro atoms. The Balaban J connectivity index is 1.09. The van der Waals surface area contributed by atoms with Crippen molar-refractivity contribution in [3.05, 3.63) is 107 Å². The monoisotopic (exact) mass is 590 g/mol. The molecule has 3 aliphatic heterocycles. The third kappa shape index (κ3) is 5.29. The van der Waals surface area contributed by atoms with Gasteiger partial charge in [-0.3, -0.25) is 4.79 Å². The topological polar surface area (TPSA) is 73.1 Å². The van der Waals surface area contributed by atoms with E-state index in [0.29, 0.717) is 43.2 Å². The average molecular weight is 591 g/mol. The van der Waals surface area contributed by atoms with Gasteiger partial charge >= 0.3 is 6.18 Å². The Labute approximate surface area is 246 Å². The lowest BCUT2D eigenvalue weighted by molar-refractivity contribution is -0.929. The first-order valence-electron chi connectivity index (χ1n) is 14.4. The van der Waals surface area contributed by atoms with Gasteiger partial charge in [0.2, 0.25) is 6.79 Å². The summed E-state index contributed by atoms with van der Waals surface area (Å²) in [6.45, 7) is 2.42. The highest BCUT2D eigenvalue weighted by Crippen LogP contribution is 2.45. The molecule has 4 aromatic rings. The van der Waals surface area contributed by atoms with Crippen molar-refractivity contribution in [1.29, 1.82) is 0 Å². The minimum absolute atomic E-state index is 0.00852. The molecule has 222 valence electrons. The second kappa shape index (κ2) is 11.0. The zero-order valence-corrected chi connectivity index (χ0v) is 23.3. The van der Waals surface area contributed by atoms with Gasteiger partial charge in [0.05, 0.1) is 32.2 Å². The van der Waals surface area contributed by atoms with Crippen LogP contribution in [-0.4, -0.2) is 59.7 Å². The van der Waals surface area contributed by atoms with Crippen molar-refractivity contribution < 1.29 is 32.3 Å². The Morgan fingerprint density at radius 1 is 0.907 bits per heavy atom. The highest BCUT2D eigenvalue weighted by molar-refractivity contribution is 5.93. The van der Waals surface area contributed by atoms with Crippen molar-refractivity contribution in [1.82, 2.24) is 14.7 Å². The highest BCUT2D eigenvalue weighted by atomic mass is 19.4. The van der Waals surface area contributed by atoms with Crippen LogP contribution in [0.25, 0.3) is 0 Å². The number of nitrogens with one attached hydrogen (secondary N) is 2. The molecule has 1 amide bonds. The quantitative estimate of drug-likeness (QED) is 0.361. The number of fused-ring (bicyclic) bond motifs is 2. The Kier molecular flexibility index (Phi) is 6.97. The smallest absolute Gasteiger partial charge is 0.410 e. The van der Waals surface area contributed by atoms with Crippen molar-refractivity contribution in [2.45, 2.75) is 30.7 Å². The van der Waals surface area contributed by atoms with Gasteiger partial charge in [0.25, 0.3) is 5.91 Å². The molecule has 1 fully saturated rings. The van der Waals surface area contributed by atoms with E-state index < -0.39 is 18.3 Å². The maximum absolute atomic E-state index is 14.3. The molecule has 0 saturated carbocycles. The first-order chi connectivity index (χ1) is 20.8. The van der Waals surface area contributed by atoms with Crippen molar-refractivity contribution in [3.63, 3.8) is 0 Å². The number of ether oxygens (including phenoxy) is 2. The van der Waals surface area contributed by atoms with Gasteiger partial charge in [0.15, 0.2) is 23.2 Å². The van der Waals surface area contributed by atoms with Gasteiger partial charge in [-0.1, -0.05) is 66.7 Å². The summed E-state index contributed by atoms with van der Waals surface area (Å²) in [5.41, 5.74) is 3.05. The van der Waals surface area contributed by atoms with Crippen LogP contribution in [-0.2, 0) is 0 Å². The predicted octanol–water partition coefficient (Wildman–Crippen LogP) is 4.40. The number of carbonyl (C=O) groups is 1. The van der Waals surface area contributed by atoms with Gasteiger partial charge in [0.1, 0.15) is 11.9 Å². The number of quaternary nitrogens is 1. The molecule has 4 heterocycles. The Bertz CT molecular complexity index is 1560. The summed E-state index contributed by atoms with van der Waals surface area (Å²) in [4.78, 5) is 16.6. The molecule has 2 unspecified atom stereocenters. The van der Waals surface area contributed by atoms with Crippen LogP contribution in [0.15, 0.2) is 84.9 Å². The zero-order chi connectivity index (χ0) is 29.6. The second-order valence-corrected chi connectivity index (χ2v) is 11.2. The van der Waals surface area contributed by atoms with E-state index in [1.54, 1.807) is 23.1 Å². The van der Waals surface area contributed by atoms with Gasteiger partial charge in [-0.25, -0.2) is 4.68 Å². The van der Waals surface area contributed by atoms with Gasteiger partial charge < -0.3 is 24.6 Å². The summed E-state index contributed by atoms with van der Waals surface area (Å²) < 4.78 is 54.5. The molecule has 1 aromatic heterocycles. The van der Waals surface area contributed by atoms with Gasteiger partial charge in [-0.05, 0) is 17.7 Å². The summed E-state index contributed by atoms with van der Waals surface area (Å²) in [5.74, 6) is 0.864. The number of rotatable bonds is 5. The number of amides is 1. The fourth-order valence-corrected chi connectivity index (χ4v) is 6.43. The van der Waals surface area contributed by atoms with E-state index >= 15 is 0 Å². The first-order valence-corrected chi connectivity index (χ1v) is 14.4. The fraction of sp³-hybridized carbons (Fsp3) is 0.312. The number of carbonyl (C=O) groups excluding carboxylic acids is 1. The molecule has 3 aromatic carbocycles.